The van der Waals surface area contributed by atoms with E-state index < -0.39 is 32.8 Å². The zero-order valence-corrected chi connectivity index (χ0v) is 14.7. The molecule has 9 heteroatoms. The molecule has 0 amide bonds. The molecule has 0 saturated carbocycles. The monoisotopic (exact) mass is 385 g/mol. The van der Waals surface area contributed by atoms with Crippen LogP contribution in [0.5, 0.6) is 5.88 Å². The van der Waals surface area contributed by atoms with Gasteiger partial charge in [0.15, 0.2) is 9.84 Å². The van der Waals surface area contributed by atoms with E-state index in [1.165, 1.54) is 48.5 Å². The molecule has 1 aromatic heterocycles. The van der Waals surface area contributed by atoms with Crippen LogP contribution in [0.3, 0.4) is 0 Å². The average molecular weight is 385 g/mol. The van der Waals surface area contributed by atoms with Crippen LogP contribution in [-0.2, 0) is 9.84 Å². The Morgan fingerprint density at radius 1 is 1.11 bits per heavy atom. The number of halogens is 1. The van der Waals surface area contributed by atoms with Gasteiger partial charge < -0.3 is 5.11 Å². The summed E-state index contributed by atoms with van der Waals surface area (Å²) in [5.74, 6) is -1.25. The number of benzene rings is 2. The highest BCUT2D eigenvalue weighted by Crippen LogP contribution is 2.27. The highest BCUT2D eigenvalue weighted by Gasteiger charge is 2.19. The van der Waals surface area contributed by atoms with Crippen molar-refractivity contribution in [2.75, 3.05) is 6.26 Å². The summed E-state index contributed by atoms with van der Waals surface area (Å²) in [7, 11) is -3.43. The zero-order valence-electron chi connectivity index (χ0n) is 13.9. The first kappa shape index (κ1) is 18.3. The molecule has 0 bridgehead atoms. The van der Waals surface area contributed by atoms with Crippen LogP contribution in [0.2, 0.25) is 0 Å². The van der Waals surface area contributed by atoms with Crippen molar-refractivity contribution in [2.45, 2.75) is 4.90 Å². The third kappa shape index (κ3) is 3.43. The summed E-state index contributed by atoms with van der Waals surface area (Å²) in [6.07, 6.45) is 1.05. The number of hydrogen-bond donors (Lipinski definition) is 1. The Hall–Kier alpha value is -3.51. The van der Waals surface area contributed by atoms with Crippen LogP contribution in [-0.4, -0.2) is 29.3 Å². The third-order valence-electron chi connectivity index (χ3n) is 3.78. The van der Waals surface area contributed by atoms with Gasteiger partial charge in [0.1, 0.15) is 11.6 Å². The molecule has 3 aromatic rings. The fourth-order valence-electron chi connectivity index (χ4n) is 2.47. The normalized spacial score (nSPS) is 11.1. The molecule has 136 valence electrons. The van der Waals surface area contributed by atoms with E-state index in [9.17, 15) is 22.7 Å². The maximum Gasteiger partial charge on any atom is 0.310 e. The van der Waals surface area contributed by atoms with E-state index in [1.807, 2.05) is 0 Å². The molecule has 0 fully saturated rings. The van der Waals surface area contributed by atoms with Gasteiger partial charge in [0.05, 0.1) is 11.5 Å². The lowest BCUT2D eigenvalue weighted by atomic mass is 10.2. The Labute approximate surface area is 153 Å². The Morgan fingerprint density at radius 2 is 1.70 bits per heavy atom. The second-order valence-electron chi connectivity index (χ2n) is 5.63. The van der Waals surface area contributed by atoms with Gasteiger partial charge in [-0.2, -0.15) is 0 Å². The fraction of sp³-hybridized carbons (Fsp3) is 0.0556. The van der Waals surface area contributed by atoms with Crippen molar-refractivity contribution in [1.82, 2.24) is 9.55 Å². The summed E-state index contributed by atoms with van der Waals surface area (Å²) >= 11 is 0. The molecule has 0 saturated heterocycles. The largest absolute Gasteiger partial charge is 0.501 e. The number of sulfone groups is 1. The minimum atomic E-state index is -3.43. The quantitative estimate of drug-likeness (QED) is 0.700. The van der Waals surface area contributed by atoms with E-state index in [1.54, 1.807) is 0 Å². The molecule has 0 aliphatic rings. The van der Waals surface area contributed by atoms with Crippen LogP contribution in [0.4, 0.5) is 10.1 Å². The van der Waals surface area contributed by atoms with Gasteiger partial charge in [0, 0.05) is 17.5 Å². The highest BCUT2D eigenvalue weighted by atomic mass is 32.2. The van der Waals surface area contributed by atoms with Gasteiger partial charge in [-0.1, -0.05) is 0 Å². The molecular weight excluding hydrogens is 373 g/mol. The minimum absolute atomic E-state index is 0.0167. The number of aromatic nitrogens is 2. The second kappa shape index (κ2) is 6.66. The van der Waals surface area contributed by atoms with Crippen molar-refractivity contribution in [3.8, 4) is 23.0 Å². The maximum absolute atomic E-state index is 13.2. The van der Waals surface area contributed by atoms with Crippen LogP contribution in [0.1, 0.15) is 0 Å². The molecule has 3 rings (SSSR count). The van der Waals surface area contributed by atoms with Crippen LogP contribution < -0.4 is 5.56 Å². The molecule has 0 unspecified atom stereocenters. The van der Waals surface area contributed by atoms with E-state index >= 15 is 0 Å². The van der Waals surface area contributed by atoms with E-state index in [0.29, 0.717) is 5.56 Å². The zero-order chi connectivity index (χ0) is 19.8. The average Bonchev–Trinajstić information content (AvgIpc) is 2.62. The van der Waals surface area contributed by atoms with Crippen molar-refractivity contribution < 1.29 is 17.9 Å². The molecule has 1 N–H and O–H groups in total. The first-order valence-corrected chi connectivity index (χ1v) is 9.41. The van der Waals surface area contributed by atoms with Crippen molar-refractivity contribution in [2.24, 2.45) is 0 Å². The van der Waals surface area contributed by atoms with Gasteiger partial charge in [-0.15, -0.1) is 0 Å². The molecule has 0 atom stereocenters. The number of nitrogens with zero attached hydrogens (tertiary/aromatic N) is 3. The van der Waals surface area contributed by atoms with E-state index in [2.05, 4.69) is 9.83 Å². The van der Waals surface area contributed by atoms with E-state index in [0.717, 1.165) is 10.8 Å². The molecule has 7 nitrogen and oxygen atoms in total. The van der Waals surface area contributed by atoms with Gasteiger partial charge in [-0.05, 0) is 48.5 Å². The minimum Gasteiger partial charge on any atom is -0.501 e. The van der Waals surface area contributed by atoms with E-state index in [4.69, 9.17) is 6.57 Å². The molecule has 1 heterocycles. The van der Waals surface area contributed by atoms with Gasteiger partial charge in [-0.3, -0.25) is 9.36 Å². The van der Waals surface area contributed by atoms with E-state index in [-0.39, 0.29) is 16.4 Å². The molecule has 0 radical (unpaired) electrons. The topological polar surface area (TPSA) is 93.6 Å². The van der Waals surface area contributed by atoms with Crippen LogP contribution in [0, 0.1) is 12.4 Å². The molecule has 0 aliphatic carbocycles. The van der Waals surface area contributed by atoms with Crippen molar-refractivity contribution in [1.29, 1.82) is 0 Å². The molecule has 27 heavy (non-hydrogen) atoms. The summed E-state index contributed by atoms with van der Waals surface area (Å²) in [6, 6.07) is 10.5. The number of hydrogen-bond acceptors (Lipinski definition) is 5. The third-order valence-corrected chi connectivity index (χ3v) is 4.91. The molecular formula is C18H12FN3O4S. The second-order valence-corrected chi connectivity index (χ2v) is 7.65. The summed E-state index contributed by atoms with van der Waals surface area (Å²) in [4.78, 5) is 19.7. The van der Waals surface area contributed by atoms with Gasteiger partial charge in [0.2, 0.25) is 5.88 Å². The molecule has 2 aromatic carbocycles. The first-order chi connectivity index (χ1) is 12.7. The lowest BCUT2D eigenvalue weighted by Crippen LogP contribution is -2.21. The van der Waals surface area contributed by atoms with Crippen LogP contribution in [0.25, 0.3) is 21.9 Å². The smallest absolute Gasteiger partial charge is 0.310 e. The molecule has 0 aliphatic heterocycles. The Bertz CT molecular complexity index is 1230. The van der Waals surface area contributed by atoms with Gasteiger partial charge in [0.25, 0.3) is 5.56 Å². The summed E-state index contributed by atoms with van der Waals surface area (Å²) in [6.45, 7) is 7.09. The summed E-state index contributed by atoms with van der Waals surface area (Å²) in [5.41, 5.74) is -0.839. The Kier molecular flexibility index (Phi) is 4.51. The first-order valence-electron chi connectivity index (χ1n) is 7.52. The summed E-state index contributed by atoms with van der Waals surface area (Å²) in [5, 5.41) is 9.92. The lowest BCUT2D eigenvalue weighted by molar-refractivity contribution is 0.454. The standard InChI is InChI=1S/C18H12FN3O4S/c1-20-15-17(23)21-16(11-3-5-12(19)6-4-11)22(18(15)24)13-7-9-14(10-8-13)27(2,25)26/h3-10,23H,2H3. The lowest BCUT2D eigenvalue weighted by Gasteiger charge is -2.14. The maximum atomic E-state index is 13.2. The Balaban J connectivity index is 2.32. The summed E-state index contributed by atoms with van der Waals surface area (Å²) < 4.78 is 37.5. The van der Waals surface area contributed by atoms with Crippen LogP contribution >= 0.6 is 0 Å². The van der Waals surface area contributed by atoms with Gasteiger partial charge >= 0.3 is 5.69 Å². The van der Waals surface area contributed by atoms with Gasteiger partial charge in [-0.25, -0.2) is 22.6 Å². The predicted octanol–water partition coefficient (Wildman–Crippen LogP) is 2.70. The molecule has 0 spiro atoms. The Morgan fingerprint density at radius 3 is 2.22 bits per heavy atom. The number of rotatable bonds is 3. The van der Waals surface area contributed by atoms with Crippen molar-refractivity contribution >= 4 is 15.5 Å². The SMILES string of the molecule is [C-]#[N+]c1c(O)nc(-c2ccc(F)cc2)n(-c2ccc(S(C)(=O)=O)cc2)c1=O. The number of aromatic hydroxyl groups is 1. The van der Waals surface area contributed by atoms with Crippen LogP contribution in [0.15, 0.2) is 58.2 Å². The fourth-order valence-corrected chi connectivity index (χ4v) is 3.10. The predicted molar refractivity (Wildman–Crippen MR) is 96.3 cm³/mol. The highest BCUT2D eigenvalue weighted by molar-refractivity contribution is 7.90. The van der Waals surface area contributed by atoms with Crippen molar-refractivity contribution in [3.63, 3.8) is 0 Å². The van der Waals surface area contributed by atoms with Crippen molar-refractivity contribution in [3.05, 3.63) is 76.1 Å².